The topological polar surface area (TPSA) is 68.1 Å². The number of methoxy groups -OCH3 is 1. The van der Waals surface area contributed by atoms with Crippen LogP contribution in [-0.4, -0.2) is 23.9 Å². The predicted molar refractivity (Wildman–Crippen MR) is 93.4 cm³/mol. The molecule has 124 valence electrons. The van der Waals surface area contributed by atoms with Crippen LogP contribution >= 0.6 is 11.6 Å². The third-order valence-electron chi connectivity index (χ3n) is 3.17. The monoisotopic (exact) mass is 345 g/mol. The third kappa shape index (κ3) is 4.36. The number of nitrogens with zero attached hydrogens (tertiary/aromatic N) is 1. The van der Waals surface area contributed by atoms with Crippen LogP contribution in [0, 0.1) is 0 Å². The Morgan fingerprint density at radius 1 is 1.12 bits per heavy atom. The summed E-state index contributed by atoms with van der Waals surface area (Å²) < 4.78 is 4.87. The van der Waals surface area contributed by atoms with Crippen molar-refractivity contribution in [2.75, 3.05) is 7.11 Å². The van der Waals surface area contributed by atoms with Crippen molar-refractivity contribution in [1.29, 1.82) is 0 Å². The van der Waals surface area contributed by atoms with E-state index >= 15 is 0 Å². The van der Waals surface area contributed by atoms with E-state index in [1.165, 1.54) is 13.4 Å². The Labute approximate surface area is 144 Å². The molecule has 0 saturated carbocycles. The van der Waals surface area contributed by atoms with Crippen LogP contribution in [0.3, 0.4) is 0 Å². The Morgan fingerprint density at radius 2 is 1.75 bits per heavy atom. The Balaban J connectivity index is 2.34. The smallest absolute Gasteiger partial charge is 0.339 e. The van der Waals surface area contributed by atoms with E-state index in [0.717, 1.165) is 0 Å². The largest absolute Gasteiger partial charge is 0.503 e. The molecule has 5 nitrogen and oxygen atoms in total. The molecule has 0 aromatic heterocycles. The second-order valence-corrected chi connectivity index (χ2v) is 5.28. The van der Waals surface area contributed by atoms with Crippen molar-refractivity contribution >= 4 is 28.9 Å². The van der Waals surface area contributed by atoms with Gasteiger partial charge in [0.05, 0.1) is 19.1 Å². The van der Waals surface area contributed by atoms with Gasteiger partial charge in [0.15, 0.2) is 5.75 Å². The highest BCUT2D eigenvalue weighted by Gasteiger charge is 2.16. The van der Waals surface area contributed by atoms with Crippen LogP contribution in [0.15, 0.2) is 59.9 Å². The number of ether oxygens (including phenoxy) is 1. The van der Waals surface area contributed by atoms with Crippen molar-refractivity contribution < 1.29 is 19.5 Å². The lowest BCUT2D eigenvalue weighted by molar-refractivity contribution is -0.130. The summed E-state index contributed by atoms with van der Waals surface area (Å²) in [6.45, 7) is 1.74. The maximum atomic E-state index is 11.4. The fourth-order valence-electron chi connectivity index (χ4n) is 2.05. The van der Waals surface area contributed by atoms with Crippen molar-refractivity contribution in [2.45, 2.75) is 6.92 Å². The van der Waals surface area contributed by atoms with Crippen molar-refractivity contribution in [3.63, 3.8) is 0 Å². The lowest BCUT2D eigenvalue weighted by atomic mass is 9.98. The molecule has 0 atom stereocenters. The van der Waals surface area contributed by atoms with Crippen LogP contribution in [0.2, 0.25) is 5.02 Å². The number of aliphatic carboxylic acids is 1. The zero-order valence-corrected chi connectivity index (χ0v) is 13.9. The quantitative estimate of drug-likeness (QED) is 0.368. The normalized spacial score (nSPS) is 12.0. The van der Waals surface area contributed by atoms with Gasteiger partial charge in [0.2, 0.25) is 0 Å². The molecule has 0 radical (unpaired) electrons. The first kappa shape index (κ1) is 17.6. The number of rotatable bonds is 6. The molecule has 0 aliphatic carbocycles. The molecular formula is C18H16ClNO4. The fraction of sp³-hybridized carbons (Fsp3) is 0.111. The minimum atomic E-state index is -1.09. The molecule has 2 aromatic rings. The number of hydrogen-bond acceptors (Lipinski definition) is 4. The van der Waals surface area contributed by atoms with Crippen LogP contribution in [0.4, 0.5) is 0 Å². The Morgan fingerprint density at radius 3 is 2.33 bits per heavy atom. The van der Waals surface area contributed by atoms with Crippen LogP contribution in [0.25, 0.3) is 5.57 Å². The average molecular weight is 346 g/mol. The molecule has 0 aliphatic heterocycles. The highest BCUT2D eigenvalue weighted by molar-refractivity contribution is 6.30. The van der Waals surface area contributed by atoms with Gasteiger partial charge in [-0.3, -0.25) is 0 Å². The van der Waals surface area contributed by atoms with Crippen LogP contribution in [0.1, 0.15) is 18.1 Å². The Kier molecular flexibility index (Phi) is 5.98. The Hall–Kier alpha value is -2.79. The summed E-state index contributed by atoms with van der Waals surface area (Å²) in [5, 5.41) is 14.0. The number of carbonyl (C=O) groups is 1. The summed E-state index contributed by atoms with van der Waals surface area (Å²) in [4.78, 5) is 16.8. The maximum Gasteiger partial charge on any atom is 0.339 e. The van der Waals surface area contributed by atoms with Crippen molar-refractivity contribution in [3.05, 3.63) is 70.9 Å². The summed E-state index contributed by atoms with van der Waals surface area (Å²) >= 11 is 5.82. The molecule has 6 heteroatoms. The molecule has 0 spiro atoms. The van der Waals surface area contributed by atoms with Crippen LogP contribution in [0.5, 0.6) is 5.75 Å². The zero-order chi connectivity index (χ0) is 17.5. The fourth-order valence-corrected chi connectivity index (χ4v) is 2.17. The van der Waals surface area contributed by atoms with Gasteiger partial charge in [-0.15, -0.1) is 0 Å². The van der Waals surface area contributed by atoms with E-state index in [9.17, 15) is 9.90 Å². The lowest BCUT2D eigenvalue weighted by Crippen LogP contribution is -2.07. The molecule has 0 heterocycles. The van der Waals surface area contributed by atoms with Gasteiger partial charge in [-0.2, -0.15) is 0 Å². The van der Waals surface area contributed by atoms with E-state index in [1.807, 2.05) is 0 Å². The van der Waals surface area contributed by atoms with Crippen molar-refractivity contribution in [3.8, 4) is 5.75 Å². The molecule has 0 amide bonds. The van der Waals surface area contributed by atoms with Gasteiger partial charge in [-0.25, -0.2) is 4.79 Å². The first-order chi connectivity index (χ1) is 11.5. The highest BCUT2D eigenvalue weighted by atomic mass is 35.5. The molecule has 2 rings (SSSR count). The number of benzene rings is 2. The molecule has 24 heavy (non-hydrogen) atoms. The molecular weight excluding hydrogens is 330 g/mol. The molecule has 0 bridgehead atoms. The summed E-state index contributed by atoms with van der Waals surface area (Å²) in [6, 6.07) is 13.8. The second-order valence-electron chi connectivity index (χ2n) is 4.84. The van der Waals surface area contributed by atoms with E-state index in [-0.39, 0.29) is 5.57 Å². The van der Waals surface area contributed by atoms with E-state index in [0.29, 0.717) is 27.6 Å². The van der Waals surface area contributed by atoms with E-state index in [4.69, 9.17) is 21.2 Å². The number of halogens is 1. The minimum Gasteiger partial charge on any atom is -0.503 e. The lowest BCUT2D eigenvalue weighted by Gasteiger charge is -2.09. The second kappa shape index (κ2) is 8.17. The molecule has 1 N–H and O–H groups in total. The van der Waals surface area contributed by atoms with Crippen molar-refractivity contribution in [2.24, 2.45) is 5.16 Å². The number of hydrogen-bond donors (Lipinski definition) is 1. The van der Waals surface area contributed by atoms with Crippen molar-refractivity contribution in [1.82, 2.24) is 0 Å². The van der Waals surface area contributed by atoms with Crippen LogP contribution in [-0.2, 0) is 9.53 Å². The SMILES string of the molecule is CO/C=C(/C(=O)O)c1ccccc1C(C)=NOc1ccc(Cl)cc1. The molecule has 0 unspecified atom stereocenters. The third-order valence-corrected chi connectivity index (χ3v) is 3.43. The average Bonchev–Trinajstić information content (AvgIpc) is 2.58. The van der Waals surface area contributed by atoms with Gasteiger partial charge in [0.25, 0.3) is 0 Å². The van der Waals surface area contributed by atoms with E-state index in [2.05, 4.69) is 5.16 Å². The number of carboxylic acids is 1. The number of carboxylic acid groups (broad SMARTS) is 1. The first-order valence-electron chi connectivity index (χ1n) is 7.06. The van der Waals surface area contributed by atoms with Gasteiger partial charge in [0.1, 0.15) is 5.57 Å². The summed E-state index contributed by atoms with van der Waals surface area (Å²) in [5.74, 6) is -0.558. The van der Waals surface area contributed by atoms with E-state index < -0.39 is 5.97 Å². The highest BCUT2D eigenvalue weighted by Crippen LogP contribution is 2.21. The van der Waals surface area contributed by atoms with Gasteiger partial charge in [-0.05, 0) is 31.2 Å². The predicted octanol–water partition coefficient (Wildman–Crippen LogP) is 4.21. The van der Waals surface area contributed by atoms with Crippen LogP contribution < -0.4 is 4.84 Å². The van der Waals surface area contributed by atoms with Gasteiger partial charge in [-0.1, -0.05) is 41.0 Å². The minimum absolute atomic E-state index is 0.0362. The van der Waals surface area contributed by atoms with Gasteiger partial charge < -0.3 is 14.7 Å². The molecule has 2 aromatic carbocycles. The summed E-state index contributed by atoms with van der Waals surface area (Å²) in [6.07, 6.45) is 1.19. The molecule has 0 aliphatic rings. The molecule has 0 fully saturated rings. The van der Waals surface area contributed by atoms with Gasteiger partial charge >= 0.3 is 5.97 Å². The standard InChI is InChI=1S/C18H16ClNO4/c1-12(20-24-14-9-7-13(19)8-10-14)15-5-3-4-6-16(15)17(11-23-2)18(21)22/h3-11H,1-2H3,(H,21,22)/b17-11+,20-12?. The van der Waals surface area contributed by atoms with E-state index in [1.54, 1.807) is 55.5 Å². The summed E-state index contributed by atoms with van der Waals surface area (Å²) in [7, 11) is 1.40. The first-order valence-corrected chi connectivity index (χ1v) is 7.44. The van der Waals surface area contributed by atoms with Gasteiger partial charge in [0, 0.05) is 16.1 Å². The molecule has 0 saturated heterocycles. The maximum absolute atomic E-state index is 11.4. The number of oxime groups is 1. The zero-order valence-electron chi connectivity index (χ0n) is 13.2. The Bertz CT molecular complexity index is 782. The summed E-state index contributed by atoms with van der Waals surface area (Å²) in [5.41, 5.74) is 1.70.